The smallest absolute Gasteiger partial charge is 0.0460 e. The van der Waals surface area contributed by atoms with Crippen LogP contribution < -0.4 is 5.73 Å². The molecule has 1 aromatic rings. The highest BCUT2D eigenvalue weighted by Crippen LogP contribution is 2.49. The summed E-state index contributed by atoms with van der Waals surface area (Å²) in [5, 5.41) is 0. The molecule has 2 heterocycles. The fourth-order valence-corrected chi connectivity index (χ4v) is 3.37. The van der Waals surface area contributed by atoms with Crippen LogP contribution in [0.1, 0.15) is 35.8 Å². The monoisotopic (exact) mass is 231 g/mol. The first-order valence-electron chi connectivity index (χ1n) is 6.51. The number of likely N-dealkylation sites (tertiary alicyclic amines) is 1. The largest absolute Gasteiger partial charge is 0.323 e. The summed E-state index contributed by atoms with van der Waals surface area (Å²) in [6.07, 6.45) is 3.50. The Kier molecular flexibility index (Phi) is 2.49. The molecule has 0 radical (unpaired) electrons. The van der Waals surface area contributed by atoms with Crippen LogP contribution in [0.5, 0.6) is 0 Å². The third-order valence-corrected chi connectivity index (χ3v) is 4.65. The number of fused-ring (bicyclic) bond motifs is 1. The summed E-state index contributed by atoms with van der Waals surface area (Å²) in [6.45, 7) is 4.40. The first-order chi connectivity index (χ1) is 8.11. The minimum atomic E-state index is 0.194. The summed E-state index contributed by atoms with van der Waals surface area (Å²) < 4.78 is 0. The van der Waals surface area contributed by atoms with Gasteiger partial charge in [0.1, 0.15) is 0 Å². The van der Waals surface area contributed by atoms with E-state index in [-0.39, 0.29) is 11.5 Å². The van der Waals surface area contributed by atoms with Crippen LogP contribution in [0.4, 0.5) is 0 Å². The standard InChI is InChI=1S/C14H21N3/c1-10-3-4-11-12(16-10)9-14(13(11)15)5-7-17(2)8-6-14/h3-4,13H,5-9,15H2,1-2H3/t13-/m0/s1. The van der Waals surface area contributed by atoms with Crippen molar-refractivity contribution >= 4 is 0 Å². The Morgan fingerprint density at radius 3 is 2.76 bits per heavy atom. The van der Waals surface area contributed by atoms with Gasteiger partial charge in [0, 0.05) is 17.4 Å². The second-order valence-corrected chi connectivity index (χ2v) is 5.81. The van der Waals surface area contributed by atoms with Gasteiger partial charge in [0.25, 0.3) is 0 Å². The summed E-state index contributed by atoms with van der Waals surface area (Å²) in [7, 11) is 2.20. The maximum atomic E-state index is 6.49. The van der Waals surface area contributed by atoms with Crippen LogP contribution in [0.2, 0.25) is 0 Å². The fraction of sp³-hybridized carbons (Fsp3) is 0.643. The summed E-state index contributed by atoms with van der Waals surface area (Å²) in [5.41, 5.74) is 10.4. The predicted molar refractivity (Wildman–Crippen MR) is 68.8 cm³/mol. The second-order valence-electron chi connectivity index (χ2n) is 5.81. The Labute approximate surface area is 103 Å². The molecule has 0 amide bonds. The van der Waals surface area contributed by atoms with Crippen molar-refractivity contribution in [2.75, 3.05) is 20.1 Å². The van der Waals surface area contributed by atoms with Crippen LogP contribution in [0.15, 0.2) is 12.1 Å². The molecule has 1 aromatic heterocycles. The zero-order valence-corrected chi connectivity index (χ0v) is 10.7. The first-order valence-corrected chi connectivity index (χ1v) is 6.51. The van der Waals surface area contributed by atoms with E-state index in [1.165, 1.54) is 37.2 Å². The maximum absolute atomic E-state index is 6.49. The molecule has 3 heteroatoms. The highest BCUT2D eigenvalue weighted by atomic mass is 15.1. The van der Waals surface area contributed by atoms with Gasteiger partial charge in [-0.15, -0.1) is 0 Å². The molecule has 0 aromatic carbocycles. The van der Waals surface area contributed by atoms with Crippen molar-refractivity contribution in [3.63, 3.8) is 0 Å². The third kappa shape index (κ3) is 1.69. The lowest BCUT2D eigenvalue weighted by molar-refractivity contribution is 0.105. The quantitative estimate of drug-likeness (QED) is 0.738. The van der Waals surface area contributed by atoms with Crippen molar-refractivity contribution < 1.29 is 0 Å². The minimum Gasteiger partial charge on any atom is -0.323 e. The molecule has 3 nitrogen and oxygen atoms in total. The van der Waals surface area contributed by atoms with Crippen LogP contribution in [-0.4, -0.2) is 30.0 Å². The highest BCUT2D eigenvalue weighted by Gasteiger charge is 2.46. The average molecular weight is 231 g/mol. The third-order valence-electron chi connectivity index (χ3n) is 4.65. The lowest BCUT2D eigenvalue weighted by Crippen LogP contribution is -2.42. The molecule has 3 rings (SSSR count). The Hall–Kier alpha value is -0.930. The van der Waals surface area contributed by atoms with Gasteiger partial charge in [0.05, 0.1) is 0 Å². The molecular formula is C14H21N3. The molecule has 17 heavy (non-hydrogen) atoms. The van der Waals surface area contributed by atoms with Gasteiger partial charge in [-0.3, -0.25) is 4.98 Å². The average Bonchev–Trinajstić information content (AvgIpc) is 2.57. The van der Waals surface area contributed by atoms with Crippen LogP contribution in [0, 0.1) is 12.3 Å². The lowest BCUT2D eigenvalue weighted by Gasteiger charge is -2.40. The van der Waals surface area contributed by atoms with Crippen LogP contribution >= 0.6 is 0 Å². The predicted octanol–water partition coefficient (Wildman–Crippen LogP) is 1.66. The van der Waals surface area contributed by atoms with Crippen molar-refractivity contribution in [1.29, 1.82) is 0 Å². The first kappa shape index (κ1) is 11.2. The van der Waals surface area contributed by atoms with Crippen molar-refractivity contribution in [3.05, 3.63) is 29.1 Å². The van der Waals surface area contributed by atoms with E-state index in [1.54, 1.807) is 0 Å². The number of rotatable bonds is 0. The number of aryl methyl sites for hydroxylation is 1. The van der Waals surface area contributed by atoms with Crippen molar-refractivity contribution in [1.82, 2.24) is 9.88 Å². The van der Waals surface area contributed by atoms with Crippen LogP contribution in [-0.2, 0) is 6.42 Å². The van der Waals surface area contributed by atoms with Gasteiger partial charge < -0.3 is 10.6 Å². The number of aromatic nitrogens is 1. The SMILES string of the molecule is Cc1ccc2c(n1)CC1(CCN(C)CC1)[C@H]2N. The number of nitrogens with two attached hydrogens (primary N) is 1. The molecule has 0 bridgehead atoms. The second kappa shape index (κ2) is 3.79. The van der Waals surface area contributed by atoms with E-state index >= 15 is 0 Å². The fourth-order valence-electron chi connectivity index (χ4n) is 3.37. The molecule has 1 fully saturated rings. The number of pyridine rings is 1. The molecule has 1 saturated heterocycles. The Morgan fingerprint density at radius 2 is 2.06 bits per heavy atom. The van der Waals surface area contributed by atoms with E-state index in [9.17, 15) is 0 Å². The molecule has 0 saturated carbocycles. The molecular weight excluding hydrogens is 210 g/mol. The van der Waals surface area contributed by atoms with Gasteiger partial charge in [0.15, 0.2) is 0 Å². The molecule has 1 spiro atoms. The van der Waals surface area contributed by atoms with Gasteiger partial charge in [0.2, 0.25) is 0 Å². The van der Waals surface area contributed by atoms with Gasteiger partial charge >= 0.3 is 0 Å². The van der Waals surface area contributed by atoms with E-state index in [0.29, 0.717) is 0 Å². The topological polar surface area (TPSA) is 42.2 Å². The van der Waals surface area contributed by atoms with E-state index < -0.39 is 0 Å². The van der Waals surface area contributed by atoms with Gasteiger partial charge in [-0.1, -0.05) is 6.07 Å². The minimum absolute atomic E-state index is 0.194. The maximum Gasteiger partial charge on any atom is 0.0460 e. The van der Waals surface area contributed by atoms with Gasteiger partial charge in [-0.25, -0.2) is 0 Å². The molecule has 2 aliphatic rings. The van der Waals surface area contributed by atoms with Crippen molar-refractivity contribution in [2.45, 2.75) is 32.2 Å². The highest BCUT2D eigenvalue weighted by molar-refractivity contribution is 5.34. The number of nitrogens with zero attached hydrogens (tertiary/aromatic N) is 2. The van der Waals surface area contributed by atoms with Crippen molar-refractivity contribution in [3.8, 4) is 0 Å². The molecule has 1 aliphatic heterocycles. The van der Waals surface area contributed by atoms with E-state index in [2.05, 4.69) is 36.0 Å². The van der Waals surface area contributed by atoms with E-state index in [0.717, 1.165) is 12.1 Å². The van der Waals surface area contributed by atoms with Gasteiger partial charge in [-0.05, 0) is 63.4 Å². The Morgan fingerprint density at radius 1 is 1.35 bits per heavy atom. The molecule has 1 aliphatic carbocycles. The molecule has 2 N–H and O–H groups in total. The van der Waals surface area contributed by atoms with Crippen molar-refractivity contribution in [2.24, 2.45) is 11.1 Å². The summed E-state index contributed by atoms with van der Waals surface area (Å²) in [5.74, 6) is 0. The van der Waals surface area contributed by atoms with E-state index in [4.69, 9.17) is 5.73 Å². The van der Waals surface area contributed by atoms with Crippen LogP contribution in [0.25, 0.3) is 0 Å². The normalized spacial score (nSPS) is 27.4. The summed E-state index contributed by atoms with van der Waals surface area (Å²) >= 11 is 0. The zero-order chi connectivity index (χ0) is 12.0. The molecule has 0 unspecified atom stereocenters. The molecule has 1 atom stereocenters. The Bertz CT molecular complexity index is 433. The van der Waals surface area contributed by atoms with Crippen LogP contribution in [0.3, 0.4) is 0 Å². The van der Waals surface area contributed by atoms with Gasteiger partial charge in [-0.2, -0.15) is 0 Å². The summed E-state index contributed by atoms with van der Waals surface area (Å²) in [6, 6.07) is 4.47. The zero-order valence-electron chi connectivity index (χ0n) is 10.7. The number of hydrogen-bond donors (Lipinski definition) is 1. The number of piperidine rings is 1. The number of hydrogen-bond acceptors (Lipinski definition) is 3. The summed E-state index contributed by atoms with van der Waals surface area (Å²) in [4.78, 5) is 7.08. The van der Waals surface area contributed by atoms with E-state index in [1.807, 2.05) is 0 Å². The lowest BCUT2D eigenvalue weighted by atomic mass is 9.73. The molecule has 92 valence electrons. The Balaban J connectivity index is 1.92.